The predicted molar refractivity (Wildman–Crippen MR) is 406 cm³/mol. The van der Waals surface area contributed by atoms with Crippen molar-refractivity contribution in [2.24, 2.45) is 0 Å². The highest BCUT2D eigenvalue weighted by Crippen LogP contribution is 2.33. The van der Waals surface area contributed by atoms with E-state index in [4.69, 9.17) is 28.4 Å². The van der Waals surface area contributed by atoms with Crippen LogP contribution < -0.4 is 5.32 Å². The summed E-state index contributed by atoms with van der Waals surface area (Å²) >= 11 is 0. The number of hydrogen-bond donors (Lipinski definition) is 12. The molecule has 0 radical (unpaired) electrons. The third-order valence-corrected chi connectivity index (χ3v) is 21.2. The van der Waals surface area contributed by atoms with Crippen LogP contribution in [0.5, 0.6) is 0 Å². The van der Waals surface area contributed by atoms with Gasteiger partial charge in [0.15, 0.2) is 18.9 Å². The van der Waals surface area contributed by atoms with Crippen LogP contribution in [0.25, 0.3) is 0 Å². The molecule has 12 N–H and O–H groups in total. The van der Waals surface area contributed by atoms with Gasteiger partial charge in [0.2, 0.25) is 5.91 Å². The van der Waals surface area contributed by atoms with Crippen LogP contribution in [0.2, 0.25) is 0 Å². The molecule has 17 atom stereocenters. The number of unbranched alkanes of at least 4 members (excludes halogenated alkanes) is 48. The minimum absolute atomic E-state index is 0.237. The second kappa shape index (κ2) is 63.9. The Balaban J connectivity index is 1.36. The van der Waals surface area contributed by atoms with Gasteiger partial charge in [0.05, 0.1) is 38.6 Å². The summed E-state index contributed by atoms with van der Waals surface area (Å²) < 4.78 is 34.5. The molecule has 600 valence electrons. The van der Waals surface area contributed by atoms with Gasteiger partial charge in [0, 0.05) is 6.42 Å². The first kappa shape index (κ1) is 94.2. The smallest absolute Gasteiger partial charge is 0.220 e. The quantitative estimate of drug-likeness (QED) is 0.0199. The molecule has 0 aliphatic carbocycles. The first-order valence-corrected chi connectivity index (χ1v) is 42.2. The third kappa shape index (κ3) is 43.3. The molecule has 19 heteroatoms. The highest BCUT2D eigenvalue weighted by molar-refractivity contribution is 5.76. The minimum atomic E-state index is -1.98. The summed E-state index contributed by atoms with van der Waals surface area (Å²) in [5, 5.41) is 121. The summed E-state index contributed by atoms with van der Waals surface area (Å²) in [6.45, 7) is 1.77. The van der Waals surface area contributed by atoms with Crippen LogP contribution in [0.3, 0.4) is 0 Å². The van der Waals surface area contributed by atoms with Crippen molar-refractivity contribution in [1.29, 1.82) is 0 Å². The molecule has 0 bridgehead atoms. The van der Waals surface area contributed by atoms with Gasteiger partial charge in [-0.2, -0.15) is 0 Å². The SMILES string of the molecule is CCCCCCCCCCCCCCCCC/C=C/CC/C=C/CC/C=C/C(O)C(COC1OC(CO)C(OC2OC(CO)C(OC3OC(CO)C(O)C(O)C3O)C(O)C2O)C(O)C1O)NC(=O)CCCCCCCCCCCCCCCCCCCCCCCCCCCCCCCCCC. The first-order chi connectivity index (χ1) is 49.8. The lowest BCUT2D eigenvalue weighted by molar-refractivity contribution is -0.379. The van der Waals surface area contributed by atoms with E-state index in [-0.39, 0.29) is 18.9 Å². The number of ether oxygens (including phenoxy) is 6. The zero-order valence-electron chi connectivity index (χ0n) is 64.4. The van der Waals surface area contributed by atoms with E-state index >= 15 is 0 Å². The molecular weight excluding hydrogens is 1300 g/mol. The lowest BCUT2D eigenvalue weighted by Crippen LogP contribution is -2.66. The van der Waals surface area contributed by atoms with Crippen LogP contribution in [0.15, 0.2) is 36.5 Å². The summed E-state index contributed by atoms with van der Waals surface area (Å²) in [5.74, 6) is -0.282. The summed E-state index contributed by atoms with van der Waals surface area (Å²) in [6.07, 6.45) is 53.0. The summed E-state index contributed by atoms with van der Waals surface area (Å²) in [7, 11) is 0. The minimum Gasteiger partial charge on any atom is -0.394 e. The van der Waals surface area contributed by atoms with Gasteiger partial charge in [-0.25, -0.2) is 0 Å². The maximum Gasteiger partial charge on any atom is 0.220 e. The lowest BCUT2D eigenvalue weighted by atomic mass is 9.96. The van der Waals surface area contributed by atoms with E-state index < -0.39 is 124 Å². The van der Waals surface area contributed by atoms with Crippen LogP contribution in [0.4, 0.5) is 0 Å². The summed E-state index contributed by atoms with van der Waals surface area (Å²) in [4.78, 5) is 13.5. The Morgan fingerprint density at radius 1 is 0.343 bits per heavy atom. The van der Waals surface area contributed by atoms with Crippen LogP contribution in [-0.2, 0) is 33.2 Å². The Morgan fingerprint density at radius 3 is 0.980 bits per heavy atom. The Bertz CT molecular complexity index is 1980. The fraction of sp³-hybridized carbons (Fsp3) is 0.916. The zero-order chi connectivity index (χ0) is 73.9. The molecule has 0 saturated carbocycles. The van der Waals surface area contributed by atoms with Gasteiger partial charge in [-0.3, -0.25) is 4.79 Å². The molecule has 17 unspecified atom stereocenters. The second-order valence-corrected chi connectivity index (χ2v) is 30.3. The molecule has 0 aromatic carbocycles. The molecule has 3 saturated heterocycles. The number of amides is 1. The van der Waals surface area contributed by atoms with Crippen molar-refractivity contribution >= 4 is 5.91 Å². The average molecular weight is 1460 g/mol. The van der Waals surface area contributed by atoms with E-state index in [1.807, 2.05) is 6.08 Å². The van der Waals surface area contributed by atoms with Gasteiger partial charge in [0.25, 0.3) is 0 Å². The Kier molecular flexibility index (Phi) is 59.0. The highest BCUT2D eigenvalue weighted by atomic mass is 16.8. The molecule has 3 aliphatic rings. The van der Waals surface area contributed by atoms with Gasteiger partial charge < -0.3 is 89.9 Å². The van der Waals surface area contributed by atoms with E-state index in [0.717, 1.165) is 44.9 Å². The lowest BCUT2D eigenvalue weighted by Gasteiger charge is -2.48. The Labute approximate surface area is 619 Å². The molecule has 0 spiro atoms. The molecule has 1 amide bonds. The number of aliphatic hydroxyl groups excluding tert-OH is 11. The second-order valence-electron chi connectivity index (χ2n) is 30.3. The Morgan fingerprint density at radius 2 is 0.627 bits per heavy atom. The number of nitrogens with one attached hydrogen (secondary N) is 1. The molecule has 19 nitrogen and oxygen atoms in total. The van der Waals surface area contributed by atoms with Gasteiger partial charge in [-0.05, 0) is 44.9 Å². The molecule has 0 aromatic heterocycles. The van der Waals surface area contributed by atoms with E-state index in [1.165, 1.54) is 276 Å². The van der Waals surface area contributed by atoms with Crippen LogP contribution in [0, 0.1) is 0 Å². The standard InChI is InChI=1S/C83H155NO18/c1-3-5-7-9-11-13-15-17-19-21-23-25-27-29-30-31-32-33-34-35-37-39-41-43-45-47-49-51-53-55-57-59-61-71(89)84-66(67(88)60-58-56-54-52-50-48-46-44-42-40-38-36-28-26-24-22-20-18-16-14-12-10-8-6-4-2)65-97-81-77(95)74(92)79(69(63-86)99-81)102-83-78(96)75(93)80(70(64-87)100-83)101-82-76(94)73(91)72(90)68(62-85)98-82/h42,44,50,52,58,60,66-70,72-83,85-88,90-96H,3-41,43,45-49,51,53-57,59,61-65H2,1-2H3,(H,84,89)/b44-42+,52-50+,60-58+. The normalized spacial score (nSPS) is 26.3. The van der Waals surface area contributed by atoms with E-state index in [2.05, 4.69) is 43.5 Å². The van der Waals surface area contributed by atoms with Gasteiger partial charge >= 0.3 is 0 Å². The molecular formula is C83H155NO18. The molecule has 102 heavy (non-hydrogen) atoms. The molecule has 3 rings (SSSR count). The van der Waals surface area contributed by atoms with E-state index in [9.17, 15) is 61.0 Å². The number of hydrogen-bond acceptors (Lipinski definition) is 18. The zero-order valence-corrected chi connectivity index (χ0v) is 64.4. The molecule has 3 aliphatic heterocycles. The van der Waals surface area contributed by atoms with E-state index in [1.54, 1.807) is 6.08 Å². The highest BCUT2D eigenvalue weighted by Gasteiger charge is 2.54. The first-order valence-electron chi connectivity index (χ1n) is 42.2. The van der Waals surface area contributed by atoms with Crippen molar-refractivity contribution < 1.29 is 89.4 Å². The van der Waals surface area contributed by atoms with Crippen LogP contribution in [-0.4, -0.2) is 193 Å². The number of rotatable bonds is 68. The van der Waals surface area contributed by atoms with Crippen molar-refractivity contribution in [2.75, 3.05) is 26.4 Å². The van der Waals surface area contributed by atoms with Crippen molar-refractivity contribution in [3.05, 3.63) is 36.5 Å². The van der Waals surface area contributed by atoms with Crippen LogP contribution in [0.1, 0.15) is 354 Å². The van der Waals surface area contributed by atoms with Crippen molar-refractivity contribution in [3.63, 3.8) is 0 Å². The van der Waals surface area contributed by atoms with Crippen molar-refractivity contribution in [2.45, 2.75) is 458 Å². The van der Waals surface area contributed by atoms with Crippen molar-refractivity contribution in [1.82, 2.24) is 5.32 Å². The number of carbonyl (C=O) groups excluding carboxylic acids is 1. The number of carbonyl (C=O) groups is 1. The molecule has 3 heterocycles. The fourth-order valence-corrected chi connectivity index (χ4v) is 14.4. The Hall–Kier alpha value is -1.99. The summed E-state index contributed by atoms with van der Waals surface area (Å²) in [6, 6.07) is -0.996. The summed E-state index contributed by atoms with van der Waals surface area (Å²) in [5.41, 5.74) is 0. The predicted octanol–water partition coefficient (Wildman–Crippen LogP) is 14.7. The van der Waals surface area contributed by atoms with Crippen molar-refractivity contribution in [3.8, 4) is 0 Å². The van der Waals surface area contributed by atoms with Gasteiger partial charge in [-0.15, -0.1) is 0 Å². The fourth-order valence-electron chi connectivity index (χ4n) is 14.4. The largest absolute Gasteiger partial charge is 0.394 e. The van der Waals surface area contributed by atoms with E-state index in [0.29, 0.717) is 12.8 Å². The maximum atomic E-state index is 13.5. The molecule has 3 fully saturated rings. The maximum absolute atomic E-state index is 13.5. The van der Waals surface area contributed by atoms with Gasteiger partial charge in [-0.1, -0.05) is 339 Å². The van der Waals surface area contributed by atoms with Gasteiger partial charge in [0.1, 0.15) is 73.2 Å². The molecule has 0 aromatic rings. The monoisotopic (exact) mass is 1450 g/mol. The number of aliphatic hydroxyl groups is 11. The third-order valence-electron chi connectivity index (χ3n) is 21.2. The average Bonchev–Trinajstić information content (AvgIpc) is 0.781. The number of allylic oxidation sites excluding steroid dienone is 5. The topological polar surface area (TPSA) is 307 Å². The van der Waals surface area contributed by atoms with Crippen LogP contribution >= 0.6 is 0 Å².